The van der Waals surface area contributed by atoms with Crippen molar-refractivity contribution >= 4 is 39.1 Å². The molecule has 0 bridgehead atoms. The molecule has 0 aliphatic heterocycles. The van der Waals surface area contributed by atoms with Crippen LogP contribution in [0.15, 0.2) is 71.6 Å². The maximum absolute atomic E-state index is 13.9. The van der Waals surface area contributed by atoms with Crippen LogP contribution in [0.3, 0.4) is 0 Å². The first-order chi connectivity index (χ1) is 17.9. The highest BCUT2D eigenvalue weighted by atomic mass is 35.5. The van der Waals surface area contributed by atoms with Crippen LogP contribution >= 0.6 is 11.6 Å². The van der Waals surface area contributed by atoms with Crippen LogP contribution in [0.5, 0.6) is 0 Å². The molecule has 0 aliphatic carbocycles. The van der Waals surface area contributed by atoms with Crippen LogP contribution in [-0.4, -0.2) is 44.3 Å². The van der Waals surface area contributed by atoms with Crippen LogP contribution in [0.2, 0.25) is 5.02 Å². The fourth-order valence-corrected chi connectivity index (χ4v) is 5.71. The van der Waals surface area contributed by atoms with Gasteiger partial charge < -0.3 is 10.2 Å². The average Bonchev–Trinajstić information content (AvgIpc) is 2.88. The third-order valence-electron chi connectivity index (χ3n) is 6.45. The highest BCUT2D eigenvalue weighted by Crippen LogP contribution is 2.30. The summed E-state index contributed by atoms with van der Waals surface area (Å²) < 4.78 is 28.9. The fraction of sp³-hybridized carbons (Fsp3) is 0.310. The Morgan fingerprint density at radius 2 is 1.61 bits per heavy atom. The topological polar surface area (TPSA) is 86.8 Å². The van der Waals surface area contributed by atoms with E-state index >= 15 is 0 Å². The van der Waals surface area contributed by atoms with Crippen molar-refractivity contribution in [2.24, 2.45) is 0 Å². The van der Waals surface area contributed by atoms with Crippen molar-refractivity contribution in [1.82, 2.24) is 10.2 Å². The minimum Gasteiger partial charge on any atom is -0.355 e. The summed E-state index contributed by atoms with van der Waals surface area (Å²) in [6.45, 7) is 9.05. The number of hydrogen-bond donors (Lipinski definition) is 1. The molecule has 0 saturated carbocycles. The van der Waals surface area contributed by atoms with E-state index in [4.69, 9.17) is 11.6 Å². The van der Waals surface area contributed by atoms with E-state index in [1.807, 2.05) is 38.1 Å². The van der Waals surface area contributed by atoms with Crippen LogP contribution in [0.4, 0.5) is 5.69 Å². The van der Waals surface area contributed by atoms with Gasteiger partial charge in [0.1, 0.15) is 12.6 Å². The molecule has 38 heavy (non-hydrogen) atoms. The van der Waals surface area contributed by atoms with Crippen molar-refractivity contribution in [3.8, 4) is 0 Å². The zero-order valence-electron chi connectivity index (χ0n) is 22.4. The van der Waals surface area contributed by atoms with E-state index < -0.39 is 28.5 Å². The highest BCUT2D eigenvalue weighted by molar-refractivity contribution is 7.92. The molecule has 202 valence electrons. The lowest BCUT2D eigenvalue weighted by atomic mass is 10.1. The molecule has 0 aromatic heterocycles. The van der Waals surface area contributed by atoms with E-state index in [1.54, 1.807) is 45.0 Å². The number of sulfonamides is 1. The Bertz CT molecular complexity index is 1410. The number of carbonyl (C=O) groups excluding carboxylic acids is 2. The molecule has 7 nitrogen and oxygen atoms in total. The monoisotopic (exact) mass is 555 g/mol. The normalized spacial score (nSPS) is 12.1. The number of nitrogens with zero attached hydrogens (tertiary/aromatic N) is 2. The molecular weight excluding hydrogens is 522 g/mol. The quantitative estimate of drug-likeness (QED) is 0.381. The second kappa shape index (κ2) is 12.5. The second-order valence-electron chi connectivity index (χ2n) is 9.27. The number of hydrogen-bond acceptors (Lipinski definition) is 4. The zero-order valence-corrected chi connectivity index (χ0v) is 23.9. The first-order valence-electron chi connectivity index (χ1n) is 12.4. The lowest BCUT2D eigenvalue weighted by Gasteiger charge is -2.32. The smallest absolute Gasteiger partial charge is 0.264 e. The van der Waals surface area contributed by atoms with Crippen molar-refractivity contribution in [1.29, 1.82) is 0 Å². The Labute approximate surface area is 230 Å². The molecule has 0 heterocycles. The van der Waals surface area contributed by atoms with Crippen LogP contribution < -0.4 is 9.62 Å². The van der Waals surface area contributed by atoms with Crippen molar-refractivity contribution in [2.45, 2.75) is 52.1 Å². The molecule has 0 saturated heterocycles. The number of benzene rings is 3. The Morgan fingerprint density at radius 3 is 2.24 bits per heavy atom. The minimum absolute atomic E-state index is 0.0532. The number of likely N-dealkylation sites (N-methyl/N-ethyl adjacent to an activating group) is 1. The summed E-state index contributed by atoms with van der Waals surface area (Å²) in [6, 6.07) is 18.1. The van der Waals surface area contributed by atoms with Crippen LogP contribution in [-0.2, 0) is 26.2 Å². The highest BCUT2D eigenvalue weighted by Gasteiger charge is 2.33. The molecule has 0 radical (unpaired) electrons. The predicted octanol–water partition coefficient (Wildman–Crippen LogP) is 5.01. The molecule has 0 unspecified atom stereocenters. The number of halogens is 1. The van der Waals surface area contributed by atoms with E-state index in [2.05, 4.69) is 5.32 Å². The summed E-state index contributed by atoms with van der Waals surface area (Å²) in [5, 5.41) is 3.10. The molecule has 9 heteroatoms. The first kappa shape index (κ1) is 29.2. The standard InChI is InChI=1S/C29H34ClN3O4S/c1-6-31-29(35)23(5)32(18-24-10-8-7-9-21(24)3)28(34)19-33(27-17-25(30)14-13-22(27)4)38(36,37)26-15-11-20(2)12-16-26/h7-17,23H,6,18-19H2,1-5H3,(H,31,35)/t23-/m1/s1. The summed E-state index contributed by atoms with van der Waals surface area (Å²) in [5.74, 6) is -0.830. The molecular formula is C29H34ClN3O4S. The number of anilines is 1. The van der Waals surface area contributed by atoms with Gasteiger partial charge in [0.05, 0.1) is 10.6 Å². The Balaban J connectivity index is 2.09. The van der Waals surface area contributed by atoms with Gasteiger partial charge in [0.2, 0.25) is 11.8 Å². The lowest BCUT2D eigenvalue weighted by molar-refractivity contribution is -0.139. The van der Waals surface area contributed by atoms with Crippen molar-refractivity contribution in [2.75, 3.05) is 17.4 Å². The van der Waals surface area contributed by atoms with Gasteiger partial charge in [-0.15, -0.1) is 0 Å². The van der Waals surface area contributed by atoms with Gasteiger partial charge in [-0.25, -0.2) is 8.42 Å². The fourth-order valence-electron chi connectivity index (χ4n) is 4.08. The van der Waals surface area contributed by atoms with Gasteiger partial charge in [0.25, 0.3) is 10.0 Å². The minimum atomic E-state index is -4.15. The third-order valence-corrected chi connectivity index (χ3v) is 8.46. The first-order valence-corrected chi connectivity index (χ1v) is 14.2. The van der Waals surface area contributed by atoms with Gasteiger partial charge in [-0.05, 0) is 75.6 Å². The van der Waals surface area contributed by atoms with Gasteiger partial charge in [0.15, 0.2) is 0 Å². The molecule has 1 N–H and O–H groups in total. The Morgan fingerprint density at radius 1 is 0.947 bits per heavy atom. The van der Waals surface area contributed by atoms with E-state index in [-0.39, 0.29) is 17.3 Å². The van der Waals surface area contributed by atoms with Crippen LogP contribution in [0.25, 0.3) is 0 Å². The number of nitrogens with one attached hydrogen (secondary N) is 1. The third kappa shape index (κ3) is 6.74. The summed E-state index contributed by atoms with van der Waals surface area (Å²) in [6.07, 6.45) is 0. The number of aryl methyl sites for hydroxylation is 3. The van der Waals surface area contributed by atoms with E-state index in [9.17, 15) is 18.0 Å². The van der Waals surface area contributed by atoms with Gasteiger partial charge in [-0.2, -0.15) is 0 Å². The van der Waals surface area contributed by atoms with E-state index in [0.29, 0.717) is 22.8 Å². The average molecular weight is 556 g/mol. The maximum Gasteiger partial charge on any atom is 0.264 e. The van der Waals surface area contributed by atoms with Gasteiger partial charge in [-0.3, -0.25) is 13.9 Å². The molecule has 0 spiro atoms. The SMILES string of the molecule is CCNC(=O)[C@@H](C)N(Cc1ccccc1C)C(=O)CN(c1cc(Cl)ccc1C)S(=O)(=O)c1ccc(C)cc1. The molecule has 0 fully saturated rings. The van der Waals surface area contributed by atoms with E-state index in [0.717, 1.165) is 21.0 Å². The predicted molar refractivity (Wildman–Crippen MR) is 152 cm³/mol. The molecule has 1 atom stereocenters. The second-order valence-corrected chi connectivity index (χ2v) is 11.6. The van der Waals surface area contributed by atoms with Crippen molar-refractivity contribution in [3.05, 3.63) is 94.0 Å². The molecule has 2 amide bonds. The summed E-state index contributed by atoms with van der Waals surface area (Å²) >= 11 is 6.26. The maximum atomic E-state index is 13.9. The zero-order chi connectivity index (χ0) is 28.0. The van der Waals surface area contributed by atoms with Gasteiger partial charge in [-0.1, -0.05) is 59.6 Å². The lowest BCUT2D eigenvalue weighted by Crippen LogP contribution is -2.51. The van der Waals surface area contributed by atoms with Gasteiger partial charge in [0, 0.05) is 18.1 Å². The van der Waals surface area contributed by atoms with Crippen molar-refractivity contribution < 1.29 is 18.0 Å². The largest absolute Gasteiger partial charge is 0.355 e. The van der Waals surface area contributed by atoms with Crippen LogP contribution in [0, 0.1) is 20.8 Å². The summed E-state index contributed by atoms with van der Waals surface area (Å²) in [7, 11) is -4.15. The van der Waals surface area contributed by atoms with Crippen molar-refractivity contribution in [3.63, 3.8) is 0 Å². The summed E-state index contributed by atoms with van der Waals surface area (Å²) in [5.41, 5.74) is 3.67. The molecule has 3 aromatic rings. The van der Waals surface area contributed by atoms with E-state index in [1.165, 1.54) is 23.1 Å². The molecule has 0 aliphatic rings. The molecule has 3 rings (SSSR count). The summed E-state index contributed by atoms with van der Waals surface area (Å²) in [4.78, 5) is 28.2. The van der Waals surface area contributed by atoms with Gasteiger partial charge >= 0.3 is 0 Å². The number of rotatable bonds is 10. The Kier molecular flexibility index (Phi) is 9.57. The number of carbonyl (C=O) groups is 2. The molecule has 3 aromatic carbocycles. The number of amides is 2. The van der Waals surface area contributed by atoms with Crippen LogP contribution in [0.1, 0.15) is 36.1 Å². The Hall–Kier alpha value is -3.36.